The Bertz CT molecular complexity index is 867. The molecule has 0 aromatic heterocycles. The molecule has 1 heterocycles. The lowest BCUT2D eigenvalue weighted by molar-refractivity contribution is -0.128. The van der Waals surface area contributed by atoms with E-state index in [0.717, 1.165) is 5.56 Å². The Morgan fingerprint density at radius 1 is 1.38 bits per heavy atom. The molecule has 3 atom stereocenters. The molecular formula is C22H29BFN3O5. The van der Waals surface area contributed by atoms with Gasteiger partial charge in [0.1, 0.15) is 24.4 Å². The fraction of sp³-hybridized carbons (Fsp3) is 0.500. The van der Waals surface area contributed by atoms with Crippen molar-refractivity contribution in [2.24, 2.45) is 5.41 Å². The highest BCUT2D eigenvalue weighted by molar-refractivity contribution is 6.43. The van der Waals surface area contributed by atoms with Crippen LogP contribution in [-0.2, 0) is 16.0 Å². The molecule has 32 heavy (non-hydrogen) atoms. The highest BCUT2D eigenvalue weighted by Gasteiger charge is 2.38. The molecule has 0 radical (unpaired) electrons. The zero-order valence-corrected chi connectivity index (χ0v) is 18.5. The van der Waals surface area contributed by atoms with E-state index in [0.29, 0.717) is 0 Å². The third-order valence-electron chi connectivity index (χ3n) is 4.92. The van der Waals surface area contributed by atoms with Gasteiger partial charge >= 0.3 is 13.2 Å². The van der Waals surface area contributed by atoms with Gasteiger partial charge in [0.25, 0.3) is 5.91 Å². The third-order valence-corrected chi connectivity index (χ3v) is 4.92. The lowest BCUT2D eigenvalue weighted by Crippen LogP contribution is -2.49. The number of halogens is 1. The number of ether oxygens (including phenoxy) is 1. The summed E-state index contributed by atoms with van der Waals surface area (Å²) in [7, 11) is -1.82. The summed E-state index contributed by atoms with van der Waals surface area (Å²) in [6, 6.07) is 10.1. The molecule has 2 rings (SSSR count). The molecule has 1 aromatic carbocycles. The van der Waals surface area contributed by atoms with Crippen LogP contribution in [0.2, 0.25) is 0 Å². The topological polar surface area (TPSA) is 123 Å². The summed E-state index contributed by atoms with van der Waals surface area (Å²) in [5, 5.41) is 30.9. The smallest absolute Gasteiger partial charge is 0.447 e. The molecule has 2 amide bonds. The van der Waals surface area contributed by atoms with Gasteiger partial charge < -0.3 is 25.0 Å². The van der Waals surface area contributed by atoms with Gasteiger partial charge in [-0.2, -0.15) is 5.26 Å². The maximum Gasteiger partial charge on any atom is 0.475 e. The summed E-state index contributed by atoms with van der Waals surface area (Å²) >= 11 is 0. The van der Waals surface area contributed by atoms with Gasteiger partial charge in [0.15, 0.2) is 0 Å². The second-order valence-corrected chi connectivity index (χ2v) is 8.93. The summed E-state index contributed by atoms with van der Waals surface area (Å²) in [5.74, 6) is -1.62. The van der Waals surface area contributed by atoms with Gasteiger partial charge in [0, 0.05) is 6.42 Å². The Balaban J connectivity index is 1.99. The SMILES string of the molecule is CC(C)(C)/C=C(\C#N)C(=O)N1C[C@@H](F)C[C@@H]1COC(=O)N[C@@H](Cc1ccccc1)B(O)O. The van der Waals surface area contributed by atoms with E-state index in [-0.39, 0.29) is 31.6 Å². The largest absolute Gasteiger partial charge is 0.475 e. The summed E-state index contributed by atoms with van der Waals surface area (Å²) in [5.41, 5.74) is 0.279. The summed E-state index contributed by atoms with van der Waals surface area (Å²) in [6.07, 6.45) is -0.544. The first-order chi connectivity index (χ1) is 15.0. The van der Waals surface area contributed by atoms with E-state index in [9.17, 15) is 29.3 Å². The standard InChI is InChI=1S/C22H29BFN3O5/c1-22(2,3)11-16(12-25)20(28)27-13-17(24)10-18(27)14-32-21(29)26-19(23(30)31)9-15-7-5-4-6-8-15/h4-8,11,17-19,30-31H,9-10,13-14H2,1-3H3,(H,26,29)/b16-11+/t17-,18+,19-/m0/s1. The predicted octanol–water partition coefficient (Wildman–Crippen LogP) is 1.77. The van der Waals surface area contributed by atoms with Gasteiger partial charge in [0.05, 0.1) is 18.5 Å². The van der Waals surface area contributed by atoms with Crippen LogP contribution in [0.3, 0.4) is 0 Å². The van der Waals surface area contributed by atoms with Crippen LogP contribution >= 0.6 is 0 Å². The maximum absolute atomic E-state index is 14.1. The molecule has 10 heteroatoms. The van der Waals surface area contributed by atoms with Gasteiger partial charge in [-0.3, -0.25) is 4.79 Å². The molecule has 0 spiro atoms. The van der Waals surface area contributed by atoms with E-state index >= 15 is 0 Å². The van der Waals surface area contributed by atoms with Crippen molar-refractivity contribution in [1.29, 1.82) is 5.26 Å². The molecule has 1 saturated heterocycles. The number of benzene rings is 1. The molecule has 0 unspecified atom stereocenters. The monoisotopic (exact) mass is 445 g/mol. The number of nitrogens with zero attached hydrogens (tertiary/aromatic N) is 2. The van der Waals surface area contributed by atoms with E-state index in [1.54, 1.807) is 24.3 Å². The van der Waals surface area contributed by atoms with Crippen molar-refractivity contribution in [1.82, 2.24) is 10.2 Å². The second kappa shape index (κ2) is 11.1. The maximum atomic E-state index is 14.1. The molecule has 0 bridgehead atoms. The van der Waals surface area contributed by atoms with Crippen LogP contribution in [0.25, 0.3) is 0 Å². The summed E-state index contributed by atoms with van der Waals surface area (Å²) in [6.45, 7) is 5.04. The highest BCUT2D eigenvalue weighted by Crippen LogP contribution is 2.25. The molecule has 3 N–H and O–H groups in total. The number of nitriles is 1. The van der Waals surface area contributed by atoms with E-state index in [4.69, 9.17) is 4.74 Å². The fourth-order valence-electron chi connectivity index (χ4n) is 3.46. The first kappa shape index (κ1) is 25.4. The lowest BCUT2D eigenvalue weighted by Gasteiger charge is -2.25. The summed E-state index contributed by atoms with van der Waals surface area (Å²) < 4.78 is 19.2. The number of allylic oxidation sites excluding steroid dienone is 1. The van der Waals surface area contributed by atoms with E-state index < -0.39 is 42.7 Å². The van der Waals surface area contributed by atoms with Crippen LogP contribution in [0.15, 0.2) is 42.0 Å². The summed E-state index contributed by atoms with van der Waals surface area (Å²) in [4.78, 5) is 26.2. The number of rotatable bonds is 7. The quantitative estimate of drug-likeness (QED) is 0.334. The number of alkyl halides is 1. The zero-order chi connectivity index (χ0) is 23.9. The number of amides is 2. The normalized spacial score (nSPS) is 19.8. The number of hydrogen-bond acceptors (Lipinski definition) is 6. The van der Waals surface area contributed by atoms with Crippen molar-refractivity contribution in [3.8, 4) is 6.07 Å². The molecule has 8 nitrogen and oxygen atoms in total. The van der Waals surface area contributed by atoms with Crippen molar-refractivity contribution in [2.45, 2.75) is 51.8 Å². The number of carbonyl (C=O) groups is 2. The molecule has 1 aliphatic rings. The Labute approximate surface area is 187 Å². The van der Waals surface area contributed by atoms with Gasteiger partial charge in [-0.15, -0.1) is 0 Å². The molecule has 1 aliphatic heterocycles. The molecule has 172 valence electrons. The zero-order valence-electron chi connectivity index (χ0n) is 18.5. The Morgan fingerprint density at radius 2 is 2.03 bits per heavy atom. The number of likely N-dealkylation sites (tertiary alicyclic amines) is 1. The molecule has 1 fully saturated rings. The second-order valence-electron chi connectivity index (χ2n) is 8.93. The minimum Gasteiger partial charge on any atom is -0.447 e. The van der Waals surface area contributed by atoms with Crippen LogP contribution in [0, 0.1) is 16.7 Å². The first-order valence-electron chi connectivity index (χ1n) is 10.4. The Kier molecular flexibility index (Phi) is 8.81. The van der Waals surface area contributed by atoms with E-state index in [2.05, 4.69) is 5.32 Å². The minimum atomic E-state index is -1.82. The first-order valence-corrected chi connectivity index (χ1v) is 10.4. The van der Waals surface area contributed by atoms with E-state index in [1.165, 1.54) is 11.0 Å². The molecule has 0 aliphatic carbocycles. The lowest BCUT2D eigenvalue weighted by atomic mass is 9.76. The van der Waals surface area contributed by atoms with Crippen LogP contribution in [0.1, 0.15) is 32.8 Å². The number of carbonyl (C=O) groups excluding carboxylic acids is 2. The van der Waals surface area contributed by atoms with E-state index in [1.807, 2.05) is 32.9 Å². The van der Waals surface area contributed by atoms with Gasteiger partial charge in [0.2, 0.25) is 0 Å². The van der Waals surface area contributed by atoms with Crippen molar-refractivity contribution < 1.29 is 28.8 Å². The number of nitrogens with one attached hydrogen (secondary N) is 1. The predicted molar refractivity (Wildman–Crippen MR) is 117 cm³/mol. The number of alkyl carbamates (subject to hydrolysis) is 1. The average molecular weight is 445 g/mol. The van der Waals surface area contributed by atoms with Crippen LogP contribution < -0.4 is 5.32 Å². The van der Waals surface area contributed by atoms with Gasteiger partial charge in [-0.05, 0) is 17.4 Å². The van der Waals surface area contributed by atoms with Crippen molar-refractivity contribution in [3.05, 3.63) is 47.5 Å². The Morgan fingerprint density at radius 3 is 2.59 bits per heavy atom. The van der Waals surface area contributed by atoms with Crippen LogP contribution in [0.5, 0.6) is 0 Å². The molecule has 0 saturated carbocycles. The average Bonchev–Trinajstić information content (AvgIpc) is 3.10. The minimum absolute atomic E-state index is 0.0245. The van der Waals surface area contributed by atoms with Crippen LogP contribution in [-0.4, -0.2) is 65.4 Å². The van der Waals surface area contributed by atoms with Crippen LogP contribution in [0.4, 0.5) is 9.18 Å². The van der Waals surface area contributed by atoms with Crippen molar-refractivity contribution in [3.63, 3.8) is 0 Å². The van der Waals surface area contributed by atoms with Gasteiger partial charge in [-0.25, -0.2) is 9.18 Å². The molecule has 1 aromatic rings. The third kappa shape index (κ3) is 7.66. The van der Waals surface area contributed by atoms with Crippen molar-refractivity contribution >= 4 is 19.1 Å². The van der Waals surface area contributed by atoms with Gasteiger partial charge in [-0.1, -0.05) is 57.2 Å². The number of hydrogen-bond donors (Lipinski definition) is 3. The van der Waals surface area contributed by atoms with Crippen molar-refractivity contribution in [2.75, 3.05) is 13.2 Å². The Hall–Kier alpha value is -2.90. The molecular weight excluding hydrogens is 416 g/mol. The fourth-order valence-corrected chi connectivity index (χ4v) is 3.46. The highest BCUT2D eigenvalue weighted by atomic mass is 19.1.